The van der Waals surface area contributed by atoms with Gasteiger partial charge in [0.15, 0.2) is 11.6 Å². The van der Waals surface area contributed by atoms with Crippen LogP contribution >= 0.6 is 23.1 Å². The Bertz CT molecular complexity index is 580. The van der Waals surface area contributed by atoms with Crippen LogP contribution < -0.4 is 0 Å². The molecule has 0 spiro atoms. The molecule has 17 heavy (non-hydrogen) atoms. The number of thiophene rings is 1. The predicted octanol–water partition coefficient (Wildman–Crippen LogP) is 3.71. The van der Waals surface area contributed by atoms with E-state index < -0.39 is 17.7 Å². The second-order valence-corrected chi connectivity index (χ2v) is 5.73. The van der Waals surface area contributed by atoms with Crippen molar-refractivity contribution in [2.45, 2.75) is 16.8 Å². The maximum Gasteiger partial charge on any atom is 0.163 e. The summed E-state index contributed by atoms with van der Waals surface area (Å²) in [5.41, 5.74) is 0.739. The van der Waals surface area contributed by atoms with Gasteiger partial charge in [-0.2, -0.15) is 0 Å². The lowest BCUT2D eigenvalue weighted by atomic mass is 10.0. The number of thioether (sulfide) groups is 1. The number of halogens is 2. The number of aliphatic hydroxyl groups is 1. The number of aliphatic hydroxyl groups excluding tert-OH is 1. The van der Waals surface area contributed by atoms with Gasteiger partial charge < -0.3 is 5.11 Å². The van der Waals surface area contributed by atoms with Crippen molar-refractivity contribution in [3.8, 4) is 0 Å². The van der Waals surface area contributed by atoms with Crippen LogP contribution in [0.15, 0.2) is 28.5 Å². The van der Waals surface area contributed by atoms with Gasteiger partial charge in [-0.1, -0.05) is 6.07 Å². The largest absolute Gasteiger partial charge is 0.383 e. The van der Waals surface area contributed by atoms with Crippen LogP contribution in [0, 0.1) is 11.6 Å². The van der Waals surface area contributed by atoms with Gasteiger partial charge in [0, 0.05) is 16.2 Å². The highest BCUT2D eigenvalue weighted by Gasteiger charge is 2.26. The number of rotatable bonds is 0. The highest BCUT2D eigenvalue weighted by molar-refractivity contribution is 7.98. The SMILES string of the molecule is OC1c2ccc(F)c(F)c2CSc2ccsc21. The molecule has 1 N–H and O–H groups in total. The van der Waals surface area contributed by atoms with Gasteiger partial charge >= 0.3 is 0 Å². The van der Waals surface area contributed by atoms with Crippen molar-refractivity contribution in [1.29, 1.82) is 0 Å². The molecule has 2 heterocycles. The van der Waals surface area contributed by atoms with Gasteiger partial charge in [0.05, 0.1) is 4.88 Å². The zero-order valence-corrected chi connectivity index (χ0v) is 10.2. The summed E-state index contributed by atoms with van der Waals surface area (Å²) in [4.78, 5) is 1.75. The molecule has 1 aliphatic rings. The third-order valence-electron chi connectivity index (χ3n) is 2.80. The van der Waals surface area contributed by atoms with Gasteiger partial charge in [-0.15, -0.1) is 23.1 Å². The molecule has 0 saturated heterocycles. The van der Waals surface area contributed by atoms with E-state index in [9.17, 15) is 13.9 Å². The van der Waals surface area contributed by atoms with Crippen LogP contribution in [-0.4, -0.2) is 5.11 Å². The van der Waals surface area contributed by atoms with Crippen molar-refractivity contribution < 1.29 is 13.9 Å². The first-order valence-corrected chi connectivity index (χ1v) is 6.90. The summed E-state index contributed by atoms with van der Waals surface area (Å²) in [7, 11) is 0. The van der Waals surface area contributed by atoms with Crippen molar-refractivity contribution in [2.24, 2.45) is 0 Å². The molecule has 0 amide bonds. The fourth-order valence-electron chi connectivity index (χ4n) is 1.93. The first kappa shape index (κ1) is 11.2. The molecule has 1 aromatic heterocycles. The van der Waals surface area contributed by atoms with Gasteiger partial charge in [0.25, 0.3) is 0 Å². The van der Waals surface area contributed by atoms with Gasteiger partial charge in [-0.05, 0) is 23.1 Å². The zero-order chi connectivity index (χ0) is 12.0. The lowest BCUT2D eigenvalue weighted by molar-refractivity contribution is 0.220. The van der Waals surface area contributed by atoms with E-state index >= 15 is 0 Å². The fourth-order valence-corrected chi connectivity index (χ4v) is 4.14. The molecular formula is C12H8F2OS2. The molecule has 0 aliphatic carbocycles. The second kappa shape index (κ2) is 4.08. The first-order valence-electron chi connectivity index (χ1n) is 5.03. The van der Waals surface area contributed by atoms with Crippen LogP contribution in [0.1, 0.15) is 22.1 Å². The molecule has 3 rings (SSSR count). The molecule has 1 aliphatic heterocycles. The zero-order valence-electron chi connectivity index (χ0n) is 8.61. The third kappa shape index (κ3) is 1.69. The average molecular weight is 270 g/mol. The van der Waals surface area contributed by atoms with E-state index in [1.807, 2.05) is 11.4 Å². The average Bonchev–Trinajstić information content (AvgIpc) is 2.74. The Labute approximate surface area is 105 Å². The van der Waals surface area contributed by atoms with Crippen LogP contribution in [0.4, 0.5) is 8.78 Å². The Balaban J connectivity index is 2.20. The molecule has 5 heteroatoms. The number of hydrogen-bond donors (Lipinski definition) is 1. The molecule has 0 radical (unpaired) electrons. The van der Waals surface area contributed by atoms with E-state index in [4.69, 9.17) is 0 Å². The van der Waals surface area contributed by atoms with E-state index in [0.717, 1.165) is 15.8 Å². The number of hydrogen-bond acceptors (Lipinski definition) is 3. The van der Waals surface area contributed by atoms with Crippen molar-refractivity contribution in [3.05, 3.63) is 51.2 Å². The van der Waals surface area contributed by atoms with E-state index in [1.165, 1.54) is 29.2 Å². The van der Waals surface area contributed by atoms with Crippen molar-refractivity contribution >= 4 is 23.1 Å². The predicted molar refractivity (Wildman–Crippen MR) is 64.3 cm³/mol. The van der Waals surface area contributed by atoms with Gasteiger partial charge in [0.2, 0.25) is 0 Å². The minimum atomic E-state index is -0.859. The summed E-state index contributed by atoms with van der Waals surface area (Å²) in [6.07, 6.45) is -0.856. The maximum atomic E-state index is 13.7. The Hall–Kier alpha value is -0.910. The summed E-state index contributed by atoms with van der Waals surface area (Å²) in [5, 5.41) is 12.1. The van der Waals surface area contributed by atoms with E-state index in [1.54, 1.807) is 0 Å². The molecule has 0 fully saturated rings. The second-order valence-electron chi connectivity index (χ2n) is 3.77. The summed E-state index contributed by atoms with van der Waals surface area (Å²) in [6, 6.07) is 4.43. The lowest BCUT2D eigenvalue weighted by Crippen LogP contribution is -2.03. The van der Waals surface area contributed by atoms with E-state index in [2.05, 4.69) is 0 Å². The number of benzene rings is 1. The van der Waals surface area contributed by atoms with Gasteiger partial charge in [-0.25, -0.2) is 8.78 Å². The van der Waals surface area contributed by atoms with Gasteiger partial charge in [-0.3, -0.25) is 0 Å². The van der Waals surface area contributed by atoms with Crippen molar-refractivity contribution in [2.75, 3.05) is 0 Å². The maximum absolute atomic E-state index is 13.7. The van der Waals surface area contributed by atoms with E-state index in [-0.39, 0.29) is 5.56 Å². The van der Waals surface area contributed by atoms with Crippen LogP contribution in [0.3, 0.4) is 0 Å². The lowest BCUT2D eigenvalue weighted by Gasteiger charge is -2.12. The minimum Gasteiger partial charge on any atom is -0.383 e. The van der Waals surface area contributed by atoms with Crippen LogP contribution in [0.2, 0.25) is 0 Å². The Kier molecular flexibility index (Phi) is 2.69. The Morgan fingerprint density at radius 1 is 1.24 bits per heavy atom. The molecular weight excluding hydrogens is 262 g/mol. The van der Waals surface area contributed by atoms with Crippen molar-refractivity contribution in [1.82, 2.24) is 0 Å². The Morgan fingerprint density at radius 2 is 2.06 bits per heavy atom. The molecule has 1 nitrogen and oxygen atoms in total. The smallest absolute Gasteiger partial charge is 0.163 e. The minimum absolute atomic E-state index is 0.269. The monoisotopic (exact) mass is 270 g/mol. The highest BCUT2D eigenvalue weighted by Crippen LogP contribution is 2.42. The van der Waals surface area contributed by atoms with Crippen LogP contribution in [0.5, 0.6) is 0 Å². The molecule has 0 bridgehead atoms. The normalized spacial score (nSPS) is 18.4. The topological polar surface area (TPSA) is 20.2 Å². The summed E-state index contributed by atoms with van der Waals surface area (Å²) in [5.74, 6) is -1.36. The summed E-state index contributed by atoms with van der Waals surface area (Å²) in [6.45, 7) is 0. The standard InChI is InChI=1S/C12H8F2OS2/c13-8-2-1-6-7(10(8)14)5-17-9-3-4-16-12(9)11(6)15/h1-4,11,15H,5H2. The molecule has 0 saturated carbocycles. The summed E-state index contributed by atoms with van der Waals surface area (Å²) < 4.78 is 26.8. The van der Waals surface area contributed by atoms with Gasteiger partial charge in [0.1, 0.15) is 6.10 Å². The summed E-state index contributed by atoms with van der Waals surface area (Å²) >= 11 is 2.86. The van der Waals surface area contributed by atoms with Crippen LogP contribution in [-0.2, 0) is 5.75 Å². The molecule has 1 aromatic carbocycles. The molecule has 1 unspecified atom stereocenters. The quantitative estimate of drug-likeness (QED) is 0.787. The highest BCUT2D eigenvalue weighted by atomic mass is 32.2. The van der Waals surface area contributed by atoms with Crippen molar-refractivity contribution in [3.63, 3.8) is 0 Å². The molecule has 2 aromatic rings. The third-order valence-corrected chi connectivity index (χ3v) is 5.00. The fraction of sp³-hybridized carbons (Fsp3) is 0.167. The first-order chi connectivity index (χ1) is 8.18. The van der Waals surface area contributed by atoms with Crippen LogP contribution in [0.25, 0.3) is 0 Å². The Morgan fingerprint density at radius 3 is 2.88 bits per heavy atom. The number of fused-ring (bicyclic) bond motifs is 2. The molecule has 88 valence electrons. The van der Waals surface area contributed by atoms with E-state index in [0.29, 0.717) is 11.3 Å². The molecule has 1 atom stereocenters.